The molecular weight excluding hydrogens is 322 g/mol. The van der Waals surface area contributed by atoms with Gasteiger partial charge in [-0.25, -0.2) is 8.42 Å². The van der Waals surface area contributed by atoms with Gasteiger partial charge in [0.1, 0.15) is 0 Å². The van der Waals surface area contributed by atoms with Gasteiger partial charge in [0.2, 0.25) is 0 Å². The molecule has 22 heavy (non-hydrogen) atoms. The fourth-order valence-electron chi connectivity index (χ4n) is 2.04. The molecule has 0 saturated heterocycles. The summed E-state index contributed by atoms with van der Waals surface area (Å²) in [7, 11) is -3.27. The van der Waals surface area contributed by atoms with Gasteiger partial charge >= 0.3 is 0 Å². The number of benzene rings is 2. The molecule has 0 fully saturated rings. The molecule has 0 bridgehead atoms. The van der Waals surface area contributed by atoms with E-state index >= 15 is 0 Å². The standard InChI is InChI=1S/C16H16ClNO3S/c1-11(14-5-3-4-6-15(14)17)18-16(19)12-7-9-13(10-8-12)22(2,20)21/h3-11H,1-2H3,(H,18,19). The largest absolute Gasteiger partial charge is 0.345 e. The summed E-state index contributed by atoms with van der Waals surface area (Å²) in [4.78, 5) is 12.4. The number of sulfone groups is 1. The van der Waals surface area contributed by atoms with Crippen molar-refractivity contribution < 1.29 is 13.2 Å². The highest BCUT2D eigenvalue weighted by atomic mass is 35.5. The van der Waals surface area contributed by atoms with E-state index in [1.807, 2.05) is 25.1 Å². The second-order valence-corrected chi connectivity index (χ2v) is 7.44. The van der Waals surface area contributed by atoms with E-state index in [1.165, 1.54) is 24.3 Å². The van der Waals surface area contributed by atoms with Crippen LogP contribution in [0.3, 0.4) is 0 Å². The highest BCUT2D eigenvalue weighted by Gasteiger charge is 2.14. The lowest BCUT2D eigenvalue weighted by Crippen LogP contribution is -2.26. The van der Waals surface area contributed by atoms with Crippen molar-refractivity contribution in [3.63, 3.8) is 0 Å². The SMILES string of the molecule is CC(NC(=O)c1ccc(S(C)(=O)=O)cc1)c1ccccc1Cl. The zero-order chi connectivity index (χ0) is 16.3. The van der Waals surface area contributed by atoms with Crippen LogP contribution < -0.4 is 5.32 Å². The van der Waals surface area contributed by atoms with Crippen LogP contribution in [-0.2, 0) is 9.84 Å². The van der Waals surface area contributed by atoms with Gasteiger partial charge < -0.3 is 5.32 Å². The average Bonchev–Trinajstić information content (AvgIpc) is 2.46. The first-order chi connectivity index (χ1) is 10.3. The molecule has 2 aromatic carbocycles. The molecule has 0 aliphatic carbocycles. The zero-order valence-electron chi connectivity index (χ0n) is 12.2. The molecule has 0 saturated carbocycles. The van der Waals surface area contributed by atoms with E-state index in [0.29, 0.717) is 10.6 Å². The van der Waals surface area contributed by atoms with Gasteiger partial charge in [-0.15, -0.1) is 0 Å². The first kappa shape index (κ1) is 16.5. The average molecular weight is 338 g/mol. The van der Waals surface area contributed by atoms with E-state index in [0.717, 1.165) is 11.8 Å². The molecule has 1 unspecified atom stereocenters. The van der Waals surface area contributed by atoms with Crippen LogP contribution in [0.5, 0.6) is 0 Å². The Balaban J connectivity index is 2.14. The monoisotopic (exact) mass is 337 g/mol. The van der Waals surface area contributed by atoms with Crippen molar-refractivity contribution >= 4 is 27.3 Å². The Bertz CT molecular complexity index is 785. The summed E-state index contributed by atoms with van der Waals surface area (Å²) in [6.45, 7) is 1.84. The quantitative estimate of drug-likeness (QED) is 0.931. The van der Waals surface area contributed by atoms with Gasteiger partial charge in [-0.1, -0.05) is 29.8 Å². The summed E-state index contributed by atoms with van der Waals surface area (Å²) in [6.07, 6.45) is 1.13. The fourth-order valence-corrected chi connectivity index (χ4v) is 2.97. The van der Waals surface area contributed by atoms with Gasteiger partial charge in [0.15, 0.2) is 9.84 Å². The molecule has 0 radical (unpaired) electrons. The first-order valence-electron chi connectivity index (χ1n) is 6.64. The van der Waals surface area contributed by atoms with E-state index in [-0.39, 0.29) is 16.8 Å². The van der Waals surface area contributed by atoms with Gasteiger partial charge in [-0.3, -0.25) is 4.79 Å². The van der Waals surface area contributed by atoms with Crippen LogP contribution in [0.2, 0.25) is 5.02 Å². The molecule has 1 N–H and O–H groups in total. The number of carbonyl (C=O) groups is 1. The third kappa shape index (κ3) is 3.87. The maximum atomic E-state index is 12.2. The Morgan fingerprint density at radius 1 is 1.09 bits per heavy atom. The number of carbonyl (C=O) groups excluding carboxylic acids is 1. The van der Waals surface area contributed by atoms with E-state index in [2.05, 4.69) is 5.32 Å². The number of hydrogen-bond acceptors (Lipinski definition) is 3. The van der Waals surface area contributed by atoms with Gasteiger partial charge in [0, 0.05) is 16.8 Å². The van der Waals surface area contributed by atoms with Crippen molar-refractivity contribution in [3.05, 3.63) is 64.7 Å². The summed E-state index contributed by atoms with van der Waals surface area (Å²) >= 11 is 6.10. The van der Waals surface area contributed by atoms with E-state index in [9.17, 15) is 13.2 Å². The van der Waals surface area contributed by atoms with Crippen LogP contribution in [-0.4, -0.2) is 20.6 Å². The smallest absolute Gasteiger partial charge is 0.251 e. The Labute approximate surface area is 135 Å². The molecule has 0 spiro atoms. The van der Waals surface area contributed by atoms with Crippen molar-refractivity contribution in [2.45, 2.75) is 17.9 Å². The summed E-state index contributed by atoms with van der Waals surface area (Å²) in [5.74, 6) is -0.285. The van der Waals surface area contributed by atoms with Crippen LogP contribution in [0.4, 0.5) is 0 Å². The molecule has 0 aromatic heterocycles. The number of amides is 1. The third-order valence-electron chi connectivity index (χ3n) is 3.26. The summed E-state index contributed by atoms with van der Waals surface area (Å²) in [5.41, 5.74) is 1.22. The minimum atomic E-state index is -3.27. The topological polar surface area (TPSA) is 63.2 Å². The van der Waals surface area contributed by atoms with Crippen molar-refractivity contribution in [1.29, 1.82) is 0 Å². The molecule has 0 heterocycles. The van der Waals surface area contributed by atoms with E-state index < -0.39 is 9.84 Å². The van der Waals surface area contributed by atoms with Crippen LogP contribution >= 0.6 is 11.6 Å². The van der Waals surface area contributed by atoms with E-state index in [1.54, 1.807) is 6.07 Å². The van der Waals surface area contributed by atoms with Crippen molar-refractivity contribution in [2.75, 3.05) is 6.26 Å². The predicted molar refractivity (Wildman–Crippen MR) is 86.9 cm³/mol. The molecule has 1 atom stereocenters. The van der Waals surface area contributed by atoms with Gasteiger partial charge in [0.05, 0.1) is 10.9 Å². The molecule has 6 heteroatoms. The molecule has 0 aliphatic heterocycles. The summed E-state index contributed by atoms with van der Waals surface area (Å²) in [6, 6.07) is 12.9. The lowest BCUT2D eigenvalue weighted by molar-refractivity contribution is 0.0940. The second-order valence-electron chi connectivity index (χ2n) is 5.01. The minimum absolute atomic E-state index is 0.184. The third-order valence-corrected chi connectivity index (χ3v) is 4.74. The van der Waals surface area contributed by atoms with Gasteiger partial charge in [-0.05, 0) is 42.8 Å². The number of halogens is 1. The Kier molecular flexibility index (Phi) is 4.88. The van der Waals surface area contributed by atoms with Gasteiger partial charge in [-0.2, -0.15) is 0 Å². The van der Waals surface area contributed by atoms with Crippen LogP contribution in [0.15, 0.2) is 53.4 Å². The molecule has 2 aromatic rings. The minimum Gasteiger partial charge on any atom is -0.345 e. The fraction of sp³-hybridized carbons (Fsp3) is 0.188. The number of nitrogens with one attached hydrogen (secondary N) is 1. The van der Waals surface area contributed by atoms with Crippen molar-refractivity contribution in [2.24, 2.45) is 0 Å². The molecule has 1 amide bonds. The first-order valence-corrected chi connectivity index (χ1v) is 8.91. The Morgan fingerprint density at radius 3 is 2.23 bits per heavy atom. The van der Waals surface area contributed by atoms with Crippen LogP contribution in [0, 0.1) is 0 Å². The Hall–Kier alpha value is -1.85. The van der Waals surface area contributed by atoms with Crippen LogP contribution in [0.25, 0.3) is 0 Å². The molecular formula is C16H16ClNO3S. The normalized spacial score (nSPS) is 12.7. The number of rotatable bonds is 4. The summed E-state index contributed by atoms with van der Waals surface area (Å²) in [5, 5.41) is 3.42. The maximum Gasteiger partial charge on any atom is 0.251 e. The molecule has 0 aliphatic rings. The van der Waals surface area contributed by atoms with Crippen LogP contribution in [0.1, 0.15) is 28.9 Å². The lowest BCUT2D eigenvalue weighted by Gasteiger charge is -2.15. The van der Waals surface area contributed by atoms with E-state index in [4.69, 9.17) is 11.6 Å². The Morgan fingerprint density at radius 2 is 1.68 bits per heavy atom. The maximum absolute atomic E-state index is 12.2. The molecule has 2 rings (SSSR count). The zero-order valence-corrected chi connectivity index (χ0v) is 13.8. The molecule has 116 valence electrons. The lowest BCUT2D eigenvalue weighted by atomic mass is 10.1. The highest BCUT2D eigenvalue weighted by Crippen LogP contribution is 2.22. The van der Waals surface area contributed by atoms with Crippen molar-refractivity contribution in [1.82, 2.24) is 5.32 Å². The van der Waals surface area contributed by atoms with Crippen molar-refractivity contribution in [3.8, 4) is 0 Å². The number of hydrogen-bond donors (Lipinski definition) is 1. The van der Waals surface area contributed by atoms with Gasteiger partial charge in [0.25, 0.3) is 5.91 Å². The second kappa shape index (κ2) is 6.50. The summed E-state index contributed by atoms with van der Waals surface area (Å²) < 4.78 is 22.8. The molecule has 4 nitrogen and oxygen atoms in total. The predicted octanol–water partition coefficient (Wildman–Crippen LogP) is 3.23. The highest BCUT2D eigenvalue weighted by molar-refractivity contribution is 7.90.